The molecule has 0 heterocycles. The quantitative estimate of drug-likeness (QED) is 0.0134. The number of ether oxygens (including phenoxy) is 2. The van der Waals surface area contributed by atoms with Crippen LogP contribution in [0, 0.1) is 0 Å². The van der Waals surface area contributed by atoms with Gasteiger partial charge < -0.3 is 24.6 Å². The highest BCUT2D eigenvalue weighted by atomic mass is 31.2. The Kier molecular flexibility index (Phi) is 39.8. The fourth-order valence-electron chi connectivity index (χ4n) is 5.22. The van der Waals surface area contributed by atoms with Crippen molar-refractivity contribution < 1.29 is 52.6 Å². The summed E-state index contributed by atoms with van der Waals surface area (Å²) >= 11 is 0. The Labute approximate surface area is 361 Å². The van der Waals surface area contributed by atoms with E-state index in [2.05, 4.69) is 67.0 Å². The van der Waals surface area contributed by atoms with Crippen molar-refractivity contribution in [3.8, 4) is 0 Å². The van der Waals surface area contributed by atoms with Gasteiger partial charge in [-0.1, -0.05) is 137 Å². The topological polar surface area (TPSA) is 166 Å². The van der Waals surface area contributed by atoms with Crippen LogP contribution in [-0.4, -0.2) is 71.5 Å². The van der Waals surface area contributed by atoms with Crippen molar-refractivity contribution in [3.63, 3.8) is 0 Å². The smallest absolute Gasteiger partial charge is 0.462 e. The van der Waals surface area contributed by atoms with Crippen LogP contribution in [0.4, 0.5) is 0 Å². The Hall–Kier alpha value is -3.44. The minimum atomic E-state index is -4.66. The molecular formula is C48H77O11P. The van der Waals surface area contributed by atoms with Crippen LogP contribution in [0.15, 0.2) is 97.2 Å². The molecule has 3 N–H and O–H groups in total. The first-order valence-corrected chi connectivity index (χ1v) is 23.6. The van der Waals surface area contributed by atoms with E-state index in [1.165, 1.54) is 25.7 Å². The molecule has 11 nitrogen and oxygen atoms in total. The average Bonchev–Trinajstić information content (AvgIpc) is 3.23. The van der Waals surface area contributed by atoms with Gasteiger partial charge in [-0.05, 0) is 89.5 Å². The van der Waals surface area contributed by atoms with Gasteiger partial charge in [0.2, 0.25) is 0 Å². The fourth-order valence-corrected chi connectivity index (χ4v) is 6.01. The number of esters is 2. The van der Waals surface area contributed by atoms with Crippen molar-refractivity contribution in [1.29, 1.82) is 0 Å². The van der Waals surface area contributed by atoms with Crippen LogP contribution in [0.25, 0.3) is 0 Å². The lowest BCUT2D eigenvalue weighted by atomic mass is 10.1. The Balaban J connectivity index is 4.51. The minimum Gasteiger partial charge on any atom is -0.462 e. The van der Waals surface area contributed by atoms with E-state index in [0.29, 0.717) is 25.7 Å². The largest absolute Gasteiger partial charge is 0.472 e. The molecule has 0 aliphatic rings. The van der Waals surface area contributed by atoms with E-state index < -0.39 is 51.8 Å². The van der Waals surface area contributed by atoms with Crippen molar-refractivity contribution in [2.75, 3.05) is 26.4 Å². The van der Waals surface area contributed by atoms with Crippen molar-refractivity contribution >= 4 is 25.5 Å². The highest BCUT2D eigenvalue weighted by Gasteiger charge is 2.27. The minimum absolute atomic E-state index is 0.117. The number of aliphatic hydroxyl groups is 2. The maximum atomic E-state index is 12.6. The van der Waals surface area contributed by atoms with Crippen molar-refractivity contribution in [2.24, 2.45) is 0 Å². The summed E-state index contributed by atoms with van der Waals surface area (Å²) in [6.07, 6.45) is 47.9. The molecule has 0 aromatic rings. The number of hydrogen-bond acceptors (Lipinski definition) is 10. The molecule has 0 amide bonds. The fraction of sp³-hybridized carbons (Fsp3) is 0.604. The zero-order valence-electron chi connectivity index (χ0n) is 36.6. The molecule has 1 unspecified atom stereocenters. The molecule has 340 valence electrons. The maximum Gasteiger partial charge on any atom is 0.472 e. The normalized spacial score (nSPS) is 14.6. The Morgan fingerprint density at radius 1 is 0.550 bits per heavy atom. The van der Waals surface area contributed by atoms with E-state index in [1.54, 1.807) is 12.2 Å². The van der Waals surface area contributed by atoms with E-state index >= 15 is 0 Å². The maximum absolute atomic E-state index is 12.6. The first-order valence-electron chi connectivity index (χ1n) is 22.1. The van der Waals surface area contributed by atoms with Gasteiger partial charge in [-0.2, -0.15) is 0 Å². The third kappa shape index (κ3) is 41.3. The summed E-state index contributed by atoms with van der Waals surface area (Å²) in [7, 11) is -4.66. The number of hydrogen-bond donors (Lipinski definition) is 3. The van der Waals surface area contributed by atoms with E-state index in [9.17, 15) is 28.9 Å². The number of ketones is 1. The molecule has 0 saturated heterocycles. The van der Waals surface area contributed by atoms with Gasteiger partial charge in [0.25, 0.3) is 0 Å². The Bertz CT molecular complexity index is 1380. The number of allylic oxidation sites excluding steroid dienone is 16. The molecule has 3 atom stereocenters. The van der Waals surface area contributed by atoms with Gasteiger partial charge >= 0.3 is 19.8 Å². The van der Waals surface area contributed by atoms with Crippen molar-refractivity contribution in [3.05, 3.63) is 97.2 Å². The van der Waals surface area contributed by atoms with Gasteiger partial charge in [0.15, 0.2) is 11.9 Å². The molecule has 60 heavy (non-hydrogen) atoms. The highest BCUT2D eigenvalue weighted by Crippen LogP contribution is 2.43. The summed E-state index contributed by atoms with van der Waals surface area (Å²) in [5.74, 6) is -0.915. The van der Waals surface area contributed by atoms with Crippen LogP contribution >= 0.6 is 7.82 Å². The second-order valence-corrected chi connectivity index (χ2v) is 15.8. The first-order chi connectivity index (χ1) is 29.1. The second kappa shape index (κ2) is 42.3. The lowest BCUT2D eigenvalue weighted by Gasteiger charge is -2.20. The standard InChI is InChI=1S/C48H77O11P/c1-3-5-7-8-9-10-11-12-13-14-15-16-17-18-21-25-28-31-35-39-48(53)59-46(43-58-60(54,55)57-41-45(51)40-49)42-56-47(52)38-34-30-27-24-22-19-20-23-26-29-33-37-44(50)36-32-6-4-2/h9-10,12-13,15-16,18-21,24,26-27,29,33,37,45-46,49,51H,3-8,11,14,17,22-23,25,28,30-32,34-36,38-43H2,1-2H3,(H,54,55)/b10-9-,13-12-,16-15-,20-19-,21-18-,27-24-,29-26-,37-33+/t45-,46+/m0/s1. The number of rotatable bonds is 40. The van der Waals surface area contributed by atoms with Gasteiger partial charge in [0, 0.05) is 19.3 Å². The summed E-state index contributed by atoms with van der Waals surface area (Å²) < 4.78 is 32.6. The molecule has 0 spiro atoms. The van der Waals surface area contributed by atoms with Gasteiger partial charge in [0.05, 0.1) is 19.8 Å². The van der Waals surface area contributed by atoms with Crippen molar-refractivity contribution in [2.45, 2.75) is 161 Å². The molecule has 0 fully saturated rings. The highest BCUT2D eigenvalue weighted by molar-refractivity contribution is 7.47. The number of unbranched alkanes of at least 4 members (excludes halogenated alkanes) is 9. The summed E-state index contributed by atoms with van der Waals surface area (Å²) in [6, 6.07) is 0. The third-order valence-corrected chi connectivity index (χ3v) is 9.64. The van der Waals surface area contributed by atoms with Gasteiger partial charge in [-0.25, -0.2) is 4.57 Å². The number of phosphoric acid groups is 1. The van der Waals surface area contributed by atoms with Gasteiger partial charge in [-0.3, -0.25) is 23.4 Å². The van der Waals surface area contributed by atoms with E-state index in [1.807, 2.05) is 36.5 Å². The molecule has 0 rings (SSSR count). The van der Waals surface area contributed by atoms with Crippen LogP contribution in [0.1, 0.15) is 149 Å². The van der Waals surface area contributed by atoms with Crippen molar-refractivity contribution in [1.82, 2.24) is 0 Å². The predicted molar refractivity (Wildman–Crippen MR) is 242 cm³/mol. The number of phosphoric ester groups is 1. The molecule has 0 saturated carbocycles. The van der Waals surface area contributed by atoms with Crippen LogP contribution < -0.4 is 0 Å². The summed E-state index contributed by atoms with van der Waals surface area (Å²) in [5, 5.41) is 18.3. The molecular weight excluding hydrogens is 783 g/mol. The summed E-state index contributed by atoms with van der Waals surface area (Å²) in [6.45, 7) is 2.05. The second-order valence-electron chi connectivity index (χ2n) is 14.4. The summed E-state index contributed by atoms with van der Waals surface area (Å²) in [4.78, 5) is 46.7. The SMILES string of the molecule is CCCCC/C=C\C/C=C\C/C=C\C/C=C\CCCCCC(=O)O[C@H](COC(=O)CCC/C=C\C/C=C\C/C=C\C=C\C(=O)CCCCC)COP(=O)(O)OC[C@@H](O)CO. The molecule has 0 aromatic carbocycles. The number of aliphatic hydroxyl groups excluding tert-OH is 2. The lowest BCUT2D eigenvalue weighted by Crippen LogP contribution is -2.29. The lowest BCUT2D eigenvalue weighted by molar-refractivity contribution is -0.161. The van der Waals surface area contributed by atoms with Crippen LogP contribution in [0.5, 0.6) is 0 Å². The van der Waals surface area contributed by atoms with Gasteiger partial charge in [0.1, 0.15) is 12.7 Å². The zero-order valence-corrected chi connectivity index (χ0v) is 37.5. The molecule has 0 bridgehead atoms. The summed E-state index contributed by atoms with van der Waals surface area (Å²) in [5.41, 5.74) is 0. The monoisotopic (exact) mass is 861 g/mol. The Morgan fingerprint density at radius 3 is 1.62 bits per heavy atom. The van der Waals surface area contributed by atoms with Gasteiger partial charge in [-0.15, -0.1) is 0 Å². The van der Waals surface area contributed by atoms with E-state index in [0.717, 1.165) is 70.6 Å². The van der Waals surface area contributed by atoms with Crippen LogP contribution in [0.3, 0.4) is 0 Å². The Morgan fingerprint density at radius 2 is 1.03 bits per heavy atom. The average molecular weight is 861 g/mol. The number of carbonyl (C=O) groups is 3. The first kappa shape index (κ1) is 56.6. The predicted octanol–water partition coefficient (Wildman–Crippen LogP) is 11.2. The molecule has 0 aliphatic carbocycles. The van der Waals surface area contributed by atoms with Crippen LogP contribution in [-0.2, 0) is 37.5 Å². The zero-order chi connectivity index (χ0) is 44.2. The molecule has 0 aromatic heterocycles. The van der Waals surface area contributed by atoms with E-state index in [-0.39, 0.29) is 25.2 Å². The third-order valence-electron chi connectivity index (χ3n) is 8.69. The van der Waals surface area contributed by atoms with E-state index in [4.69, 9.17) is 19.1 Å². The molecule has 12 heteroatoms. The van der Waals surface area contributed by atoms with Crippen LogP contribution in [0.2, 0.25) is 0 Å². The molecule has 0 radical (unpaired) electrons. The molecule has 0 aliphatic heterocycles. The number of carbonyl (C=O) groups excluding carboxylic acids is 3.